The number of hydrogen-bond donors (Lipinski definition) is 1. The van der Waals surface area contributed by atoms with Crippen LogP contribution in [0.5, 0.6) is 5.75 Å². The number of benzene rings is 2. The molecule has 2 aromatic carbocycles. The minimum atomic E-state index is -0.457. The average Bonchev–Trinajstić information content (AvgIpc) is 2.39. The molecule has 0 amide bonds. The van der Waals surface area contributed by atoms with Gasteiger partial charge in [-0.1, -0.05) is 51.8 Å². The van der Waals surface area contributed by atoms with Crippen LogP contribution in [0.4, 0.5) is 0 Å². The van der Waals surface area contributed by atoms with Gasteiger partial charge >= 0.3 is 0 Å². The molecule has 0 fully saturated rings. The van der Waals surface area contributed by atoms with E-state index in [0.717, 1.165) is 27.8 Å². The van der Waals surface area contributed by atoms with E-state index in [-0.39, 0.29) is 0 Å². The number of aryl methyl sites for hydroxylation is 1. The van der Waals surface area contributed by atoms with Crippen LogP contribution in [0, 0.1) is 6.92 Å². The topological polar surface area (TPSA) is 35.2 Å². The van der Waals surface area contributed by atoms with Crippen LogP contribution in [0.2, 0.25) is 0 Å². The predicted octanol–water partition coefficient (Wildman–Crippen LogP) is 4.18. The van der Waals surface area contributed by atoms with Crippen molar-refractivity contribution in [2.45, 2.75) is 25.8 Å². The van der Waals surface area contributed by atoms with Gasteiger partial charge in [0, 0.05) is 10.0 Å². The molecule has 0 aliphatic carbocycles. The summed E-state index contributed by atoms with van der Waals surface area (Å²) in [5.41, 5.74) is 9.55. The lowest BCUT2D eigenvalue weighted by atomic mass is 9.86. The van der Waals surface area contributed by atoms with E-state index in [0.29, 0.717) is 0 Å². The van der Waals surface area contributed by atoms with E-state index in [9.17, 15) is 0 Å². The Morgan fingerprint density at radius 1 is 1.20 bits per heavy atom. The maximum absolute atomic E-state index is 6.56. The molecule has 0 aromatic heterocycles. The lowest BCUT2D eigenvalue weighted by Gasteiger charge is -2.27. The highest BCUT2D eigenvalue weighted by Gasteiger charge is 2.25. The molecule has 2 aromatic rings. The molecule has 0 aliphatic rings. The first-order chi connectivity index (χ1) is 9.44. The molecule has 20 heavy (non-hydrogen) atoms. The van der Waals surface area contributed by atoms with Gasteiger partial charge in [-0.2, -0.15) is 0 Å². The van der Waals surface area contributed by atoms with Crippen LogP contribution in [-0.4, -0.2) is 7.11 Å². The maximum atomic E-state index is 6.56. The van der Waals surface area contributed by atoms with Crippen LogP contribution >= 0.6 is 15.9 Å². The van der Waals surface area contributed by atoms with Gasteiger partial charge in [0.25, 0.3) is 0 Å². The fraction of sp³-hybridized carbons (Fsp3) is 0.294. The van der Waals surface area contributed by atoms with E-state index in [1.165, 1.54) is 5.56 Å². The molecule has 0 saturated heterocycles. The fourth-order valence-electron chi connectivity index (χ4n) is 2.46. The Morgan fingerprint density at radius 2 is 1.90 bits per heavy atom. The van der Waals surface area contributed by atoms with Gasteiger partial charge in [-0.05, 0) is 43.5 Å². The minimum Gasteiger partial charge on any atom is -0.496 e. The van der Waals surface area contributed by atoms with Crippen molar-refractivity contribution in [3.8, 4) is 5.75 Å². The van der Waals surface area contributed by atoms with Crippen LogP contribution in [0.25, 0.3) is 0 Å². The maximum Gasteiger partial charge on any atom is 0.122 e. The first-order valence-electron chi connectivity index (χ1n) is 6.61. The highest BCUT2D eigenvalue weighted by atomic mass is 79.9. The lowest BCUT2D eigenvalue weighted by molar-refractivity contribution is 0.399. The van der Waals surface area contributed by atoms with Crippen molar-refractivity contribution in [2.24, 2.45) is 5.73 Å². The molecule has 3 heteroatoms. The average molecular weight is 334 g/mol. The zero-order valence-corrected chi connectivity index (χ0v) is 13.7. The molecule has 1 atom stereocenters. The Balaban J connectivity index is 2.38. The summed E-state index contributed by atoms with van der Waals surface area (Å²) in [6.07, 6.45) is 0.723. The number of hydrogen-bond acceptors (Lipinski definition) is 2. The van der Waals surface area contributed by atoms with Crippen molar-refractivity contribution < 1.29 is 4.74 Å². The number of methoxy groups -OCH3 is 1. The van der Waals surface area contributed by atoms with Gasteiger partial charge in [0.05, 0.1) is 7.11 Å². The summed E-state index contributed by atoms with van der Waals surface area (Å²) in [7, 11) is 1.69. The first-order valence-corrected chi connectivity index (χ1v) is 7.41. The molecule has 0 spiro atoms. The zero-order valence-electron chi connectivity index (χ0n) is 12.1. The lowest BCUT2D eigenvalue weighted by Crippen LogP contribution is -2.36. The van der Waals surface area contributed by atoms with Gasteiger partial charge in [0.2, 0.25) is 0 Å². The summed E-state index contributed by atoms with van der Waals surface area (Å²) in [6.45, 7) is 4.13. The largest absolute Gasteiger partial charge is 0.496 e. The SMILES string of the molecule is COc1ccc(C)cc1CC(C)(N)c1ccccc1Br. The van der Waals surface area contributed by atoms with Crippen LogP contribution in [0.3, 0.4) is 0 Å². The van der Waals surface area contributed by atoms with E-state index in [1.54, 1.807) is 7.11 Å². The summed E-state index contributed by atoms with van der Waals surface area (Å²) >= 11 is 3.58. The van der Waals surface area contributed by atoms with Crippen LogP contribution in [-0.2, 0) is 12.0 Å². The van der Waals surface area contributed by atoms with Gasteiger partial charge in [-0.15, -0.1) is 0 Å². The van der Waals surface area contributed by atoms with E-state index in [4.69, 9.17) is 10.5 Å². The van der Waals surface area contributed by atoms with E-state index >= 15 is 0 Å². The predicted molar refractivity (Wildman–Crippen MR) is 87.1 cm³/mol. The van der Waals surface area contributed by atoms with E-state index in [1.807, 2.05) is 24.3 Å². The summed E-state index contributed by atoms with van der Waals surface area (Å²) in [6, 6.07) is 14.3. The summed E-state index contributed by atoms with van der Waals surface area (Å²) in [5, 5.41) is 0. The number of rotatable bonds is 4. The molecule has 2 N–H and O–H groups in total. The summed E-state index contributed by atoms with van der Waals surface area (Å²) < 4.78 is 6.48. The molecule has 1 unspecified atom stereocenters. The first kappa shape index (κ1) is 15.1. The summed E-state index contributed by atoms with van der Waals surface area (Å²) in [5.74, 6) is 0.888. The second-order valence-electron chi connectivity index (χ2n) is 5.39. The Morgan fingerprint density at radius 3 is 2.55 bits per heavy atom. The number of halogens is 1. The van der Waals surface area contributed by atoms with Gasteiger partial charge < -0.3 is 10.5 Å². The Labute approximate surface area is 129 Å². The normalized spacial score (nSPS) is 13.8. The third-order valence-electron chi connectivity index (χ3n) is 3.48. The Hall–Kier alpha value is -1.32. The molecule has 0 aliphatic heterocycles. The van der Waals surface area contributed by atoms with Crippen molar-refractivity contribution in [1.82, 2.24) is 0 Å². The van der Waals surface area contributed by atoms with Gasteiger partial charge in [-0.3, -0.25) is 0 Å². The highest BCUT2D eigenvalue weighted by molar-refractivity contribution is 9.10. The molecule has 0 radical (unpaired) electrons. The number of ether oxygens (including phenoxy) is 1. The molecule has 106 valence electrons. The molecule has 2 rings (SSSR count). The molecular weight excluding hydrogens is 314 g/mol. The fourth-order valence-corrected chi connectivity index (χ4v) is 3.20. The van der Waals surface area contributed by atoms with Crippen molar-refractivity contribution in [3.63, 3.8) is 0 Å². The molecule has 0 saturated carbocycles. The second-order valence-corrected chi connectivity index (χ2v) is 6.24. The van der Waals surface area contributed by atoms with E-state index in [2.05, 4.69) is 48.0 Å². The number of nitrogens with two attached hydrogens (primary N) is 1. The van der Waals surface area contributed by atoms with Crippen molar-refractivity contribution in [2.75, 3.05) is 7.11 Å². The monoisotopic (exact) mass is 333 g/mol. The Bertz CT molecular complexity index is 608. The molecular formula is C17H20BrNO. The zero-order chi connectivity index (χ0) is 14.8. The van der Waals surface area contributed by atoms with Crippen LogP contribution in [0.1, 0.15) is 23.6 Å². The molecule has 2 nitrogen and oxygen atoms in total. The second kappa shape index (κ2) is 5.98. The molecule has 0 heterocycles. The van der Waals surface area contributed by atoms with Crippen molar-refractivity contribution >= 4 is 15.9 Å². The van der Waals surface area contributed by atoms with Gasteiger partial charge in [-0.25, -0.2) is 0 Å². The van der Waals surface area contributed by atoms with E-state index < -0.39 is 5.54 Å². The summed E-state index contributed by atoms with van der Waals surface area (Å²) in [4.78, 5) is 0. The van der Waals surface area contributed by atoms with Crippen LogP contribution in [0.15, 0.2) is 46.9 Å². The quantitative estimate of drug-likeness (QED) is 0.910. The Kier molecular flexibility index (Phi) is 4.51. The van der Waals surface area contributed by atoms with Crippen molar-refractivity contribution in [3.05, 3.63) is 63.6 Å². The third kappa shape index (κ3) is 3.22. The van der Waals surface area contributed by atoms with Gasteiger partial charge in [0.15, 0.2) is 0 Å². The van der Waals surface area contributed by atoms with Crippen LogP contribution < -0.4 is 10.5 Å². The smallest absolute Gasteiger partial charge is 0.122 e. The molecule has 0 bridgehead atoms. The highest BCUT2D eigenvalue weighted by Crippen LogP contribution is 2.32. The van der Waals surface area contributed by atoms with Gasteiger partial charge in [0.1, 0.15) is 5.75 Å². The third-order valence-corrected chi connectivity index (χ3v) is 4.17. The standard InChI is InChI=1S/C17H20BrNO/c1-12-8-9-16(20-3)13(10-12)11-17(2,19)14-6-4-5-7-15(14)18/h4-10H,11,19H2,1-3H3. The minimum absolute atomic E-state index is 0.457. The van der Waals surface area contributed by atoms with Crippen molar-refractivity contribution in [1.29, 1.82) is 0 Å².